The molecular weight excluding hydrogens is 343 g/mol. The minimum atomic E-state index is -0.538. The van der Waals surface area contributed by atoms with Crippen LogP contribution < -0.4 is 0 Å². The lowest BCUT2D eigenvalue weighted by Gasteiger charge is -2.50. The molecule has 1 aromatic heterocycles. The molecule has 0 unspecified atom stereocenters. The van der Waals surface area contributed by atoms with Gasteiger partial charge in [-0.15, -0.1) is 0 Å². The zero-order chi connectivity index (χ0) is 18.9. The van der Waals surface area contributed by atoms with E-state index in [0.29, 0.717) is 0 Å². The summed E-state index contributed by atoms with van der Waals surface area (Å²) in [6.45, 7) is 8.07. The Hall–Kier alpha value is -1.98. The van der Waals surface area contributed by atoms with E-state index in [-0.39, 0.29) is 16.6 Å². The molecule has 0 bridgehead atoms. The Bertz CT molecular complexity index is 918. The summed E-state index contributed by atoms with van der Waals surface area (Å²) in [5.41, 5.74) is 4.39. The number of fused-ring (bicyclic) bond motifs is 3. The molecule has 1 atom stereocenters. The molecule has 1 aliphatic heterocycles. The Morgan fingerprint density at radius 3 is 2.48 bits per heavy atom. The first kappa shape index (κ1) is 17.1. The maximum Gasteiger partial charge on any atom is 0.177 e. The second-order valence-corrected chi connectivity index (χ2v) is 9.12. The van der Waals surface area contributed by atoms with E-state index in [4.69, 9.17) is 9.47 Å². The lowest BCUT2D eigenvalue weighted by atomic mass is 9.71. The maximum atomic E-state index is 13.3. The van der Waals surface area contributed by atoms with Gasteiger partial charge in [-0.05, 0) is 48.7 Å². The fraction of sp³-hybridized carbons (Fsp3) is 0.500. The summed E-state index contributed by atoms with van der Waals surface area (Å²) in [6, 6.07) is 6.47. The van der Waals surface area contributed by atoms with Gasteiger partial charge in [0.25, 0.3) is 0 Å². The normalized spacial score (nSPS) is 27.9. The van der Waals surface area contributed by atoms with Crippen molar-refractivity contribution in [1.82, 2.24) is 9.78 Å². The van der Waals surface area contributed by atoms with Gasteiger partial charge < -0.3 is 9.47 Å². The molecular formula is C22H25FN2O2. The van der Waals surface area contributed by atoms with Gasteiger partial charge in [-0.2, -0.15) is 5.10 Å². The Labute approximate surface area is 159 Å². The average molecular weight is 368 g/mol. The lowest BCUT2D eigenvalue weighted by Crippen LogP contribution is -2.55. The van der Waals surface area contributed by atoms with Crippen LogP contribution in [0.4, 0.5) is 4.39 Å². The first-order valence-electron chi connectivity index (χ1n) is 9.64. The van der Waals surface area contributed by atoms with Crippen LogP contribution >= 0.6 is 0 Å². The fourth-order valence-electron chi connectivity index (χ4n) is 4.76. The molecule has 0 amide bonds. The number of halogens is 1. The van der Waals surface area contributed by atoms with E-state index < -0.39 is 5.79 Å². The smallest absolute Gasteiger partial charge is 0.177 e. The number of hydrogen-bond acceptors (Lipinski definition) is 3. The second-order valence-electron chi connectivity index (χ2n) is 9.12. The summed E-state index contributed by atoms with van der Waals surface area (Å²) >= 11 is 0. The van der Waals surface area contributed by atoms with Crippen molar-refractivity contribution in [3.05, 3.63) is 53.1 Å². The molecule has 27 heavy (non-hydrogen) atoms. The molecule has 2 aliphatic carbocycles. The van der Waals surface area contributed by atoms with E-state index >= 15 is 0 Å². The van der Waals surface area contributed by atoms with Crippen molar-refractivity contribution >= 4 is 6.08 Å². The summed E-state index contributed by atoms with van der Waals surface area (Å²) in [4.78, 5) is 0. The van der Waals surface area contributed by atoms with E-state index in [1.807, 2.05) is 10.9 Å². The molecule has 3 aliphatic rings. The minimum absolute atomic E-state index is 0.0569. The number of rotatable bonds is 1. The van der Waals surface area contributed by atoms with Gasteiger partial charge in [0.1, 0.15) is 5.82 Å². The summed E-state index contributed by atoms with van der Waals surface area (Å²) in [7, 11) is 0. The standard InChI is InChI=1S/C22H25FN2O2/c1-20(2)13-26-22(27-14-20)9-8-16-10-19-15(11-21(16,22)3)12-24-25(19)18-6-4-17(23)5-7-18/h4-7,10,12H,8-9,11,13-14H2,1-3H3/t21-/m0/s1. The van der Waals surface area contributed by atoms with Crippen LogP contribution in [0.1, 0.15) is 44.9 Å². The zero-order valence-electron chi connectivity index (χ0n) is 16.1. The van der Waals surface area contributed by atoms with E-state index in [1.165, 1.54) is 23.3 Å². The molecule has 1 aromatic carbocycles. The van der Waals surface area contributed by atoms with Crippen molar-refractivity contribution in [2.45, 2.75) is 45.8 Å². The highest BCUT2D eigenvalue weighted by molar-refractivity contribution is 5.62. The van der Waals surface area contributed by atoms with Crippen LogP contribution in [0, 0.1) is 16.6 Å². The molecule has 5 rings (SSSR count). The van der Waals surface area contributed by atoms with Crippen LogP contribution in [0.3, 0.4) is 0 Å². The molecule has 5 heteroatoms. The third kappa shape index (κ3) is 2.44. The van der Waals surface area contributed by atoms with Gasteiger partial charge in [-0.3, -0.25) is 0 Å². The van der Waals surface area contributed by atoms with Gasteiger partial charge in [-0.1, -0.05) is 26.3 Å². The maximum absolute atomic E-state index is 13.3. The number of hydrogen-bond donors (Lipinski definition) is 0. The first-order chi connectivity index (χ1) is 12.8. The molecule has 1 saturated heterocycles. The summed E-state index contributed by atoms with van der Waals surface area (Å²) in [5, 5.41) is 4.58. The average Bonchev–Trinajstić information content (AvgIpc) is 3.15. The van der Waals surface area contributed by atoms with Crippen LogP contribution in [0.5, 0.6) is 0 Å². The molecule has 1 saturated carbocycles. The molecule has 142 valence electrons. The van der Waals surface area contributed by atoms with Crippen molar-refractivity contribution in [3.63, 3.8) is 0 Å². The highest BCUT2D eigenvalue weighted by Crippen LogP contribution is 2.59. The monoisotopic (exact) mass is 368 g/mol. The van der Waals surface area contributed by atoms with Gasteiger partial charge in [-0.25, -0.2) is 9.07 Å². The fourth-order valence-corrected chi connectivity index (χ4v) is 4.76. The molecule has 2 fully saturated rings. The quantitative estimate of drug-likeness (QED) is 0.742. The Balaban J connectivity index is 1.52. The van der Waals surface area contributed by atoms with E-state index in [0.717, 1.165) is 43.9 Å². The number of aromatic nitrogens is 2. The summed E-state index contributed by atoms with van der Waals surface area (Å²) < 4.78 is 28.0. The Morgan fingerprint density at radius 1 is 1.07 bits per heavy atom. The van der Waals surface area contributed by atoms with Gasteiger partial charge in [0.2, 0.25) is 0 Å². The molecule has 2 heterocycles. The van der Waals surface area contributed by atoms with Crippen molar-refractivity contribution in [2.75, 3.05) is 13.2 Å². The van der Waals surface area contributed by atoms with Crippen molar-refractivity contribution in [1.29, 1.82) is 0 Å². The number of benzene rings is 1. The van der Waals surface area contributed by atoms with Crippen LogP contribution in [-0.4, -0.2) is 28.8 Å². The molecule has 1 spiro atoms. The zero-order valence-corrected chi connectivity index (χ0v) is 16.1. The third-order valence-corrected chi connectivity index (χ3v) is 6.48. The SMILES string of the molecule is CC1(C)COC2(CCC3=Cc4c(cnn4-c4ccc(F)cc4)C[C@@]32C)OC1. The number of ether oxygens (including phenoxy) is 2. The van der Waals surface area contributed by atoms with Gasteiger partial charge >= 0.3 is 0 Å². The van der Waals surface area contributed by atoms with Gasteiger partial charge in [0.05, 0.1) is 30.8 Å². The van der Waals surface area contributed by atoms with Crippen LogP contribution in [0.25, 0.3) is 11.8 Å². The van der Waals surface area contributed by atoms with E-state index in [1.54, 1.807) is 12.1 Å². The summed E-state index contributed by atoms with van der Waals surface area (Å²) in [5.74, 6) is -0.776. The highest BCUT2D eigenvalue weighted by Gasteiger charge is 2.60. The predicted molar refractivity (Wildman–Crippen MR) is 101 cm³/mol. The molecule has 0 N–H and O–H groups in total. The first-order valence-corrected chi connectivity index (χ1v) is 9.64. The highest BCUT2D eigenvalue weighted by atomic mass is 19.1. The minimum Gasteiger partial charge on any atom is -0.348 e. The van der Waals surface area contributed by atoms with Gasteiger partial charge in [0, 0.05) is 17.3 Å². The van der Waals surface area contributed by atoms with Crippen molar-refractivity contribution in [2.24, 2.45) is 10.8 Å². The Morgan fingerprint density at radius 2 is 1.78 bits per heavy atom. The van der Waals surface area contributed by atoms with Crippen LogP contribution in [0.2, 0.25) is 0 Å². The number of nitrogens with zero attached hydrogens (tertiary/aromatic N) is 2. The summed E-state index contributed by atoms with van der Waals surface area (Å²) in [6.07, 6.45) is 6.87. The molecule has 4 nitrogen and oxygen atoms in total. The largest absolute Gasteiger partial charge is 0.348 e. The Kier molecular flexibility index (Phi) is 3.50. The lowest BCUT2D eigenvalue weighted by molar-refractivity contribution is -0.331. The second kappa shape index (κ2) is 5.52. The topological polar surface area (TPSA) is 36.3 Å². The van der Waals surface area contributed by atoms with Crippen molar-refractivity contribution < 1.29 is 13.9 Å². The third-order valence-electron chi connectivity index (χ3n) is 6.48. The van der Waals surface area contributed by atoms with Crippen molar-refractivity contribution in [3.8, 4) is 5.69 Å². The van der Waals surface area contributed by atoms with Crippen LogP contribution in [-0.2, 0) is 15.9 Å². The van der Waals surface area contributed by atoms with Crippen LogP contribution in [0.15, 0.2) is 36.0 Å². The molecule has 2 aromatic rings. The van der Waals surface area contributed by atoms with Gasteiger partial charge in [0.15, 0.2) is 5.79 Å². The molecule has 0 radical (unpaired) electrons. The predicted octanol–water partition coefficient (Wildman–Crippen LogP) is 4.52. The van der Waals surface area contributed by atoms with E-state index in [2.05, 4.69) is 31.9 Å². The van der Waals surface area contributed by atoms with E-state index in [9.17, 15) is 4.39 Å².